The zero-order chi connectivity index (χ0) is 14.4. The first-order valence-electron chi connectivity index (χ1n) is 6.24. The predicted octanol–water partition coefficient (Wildman–Crippen LogP) is 3.59. The van der Waals surface area contributed by atoms with Crippen LogP contribution >= 0.6 is 11.8 Å². The molecule has 0 amide bonds. The number of benzene rings is 1. The number of thioether (sulfide) groups is 1. The molecule has 0 saturated heterocycles. The van der Waals surface area contributed by atoms with Crippen LogP contribution < -0.4 is 0 Å². The van der Waals surface area contributed by atoms with Gasteiger partial charge in [-0.15, -0.1) is 11.8 Å². The smallest absolute Gasteiger partial charge is 0.226 e. The maximum absolute atomic E-state index is 12.8. The monoisotopic (exact) mass is 291 g/mol. The van der Waals surface area contributed by atoms with Gasteiger partial charge in [0.05, 0.1) is 11.8 Å². The minimum atomic E-state index is -0.248. The summed E-state index contributed by atoms with van der Waals surface area (Å²) in [5.41, 5.74) is 0. The Hall–Kier alpha value is -1.87. The molecule has 1 aromatic heterocycles. The van der Waals surface area contributed by atoms with Crippen LogP contribution in [0.15, 0.2) is 33.7 Å². The van der Waals surface area contributed by atoms with Crippen molar-refractivity contribution in [2.75, 3.05) is 0 Å². The van der Waals surface area contributed by atoms with Crippen molar-refractivity contribution in [1.29, 1.82) is 5.26 Å². The van der Waals surface area contributed by atoms with Gasteiger partial charge in [0.2, 0.25) is 5.89 Å². The summed E-state index contributed by atoms with van der Waals surface area (Å²) >= 11 is 1.52. The fourth-order valence-electron chi connectivity index (χ4n) is 1.64. The molecule has 0 N–H and O–H groups in total. The van der Waals surface area contributed by atoms with E-state index in [2.05, 4.69) is 16.2 Å². The summed E-state index contributed by atoms with van der Waals surface area (Å²) in [6.45, 7) is 1.97. The zero-order valence-corrected chi connectivity index (χ0v) is 11.9. The summed E-state index contributed by atoms with van der Waals surface area (Å²) in [4.78, 5) is 5.24. The number of hydrogen-bond donors (Lipinski definition) is 0. The van der Waals surface area contributed by atoms with E-state index in [0.29, 0.717) is 30.3 Å². The summed E-state index contributed by atoms with van der Waals surface area (Å²) in [5, 5.41) is 12.5. The third-order valence-corrected chi connectivity index (χ3v) is 3.66. The maximum Gasteiger partial charge on any atom is 0.226 e. The number of rotatable bonds is 6. The maximum atomic E-state index is 12.8. The van der Waals surface area contributed by atoms with Crippen molar-refractivity contribution >= 4 is 11.8 Å². The second kappa shape index (κ2) is 7.06. The van der Waals surface area contributed by atoms with Crippen LogP contribution in [-0.4, -0.2) is 10.1 Å². The second-order valence-corrected chi connectivity index (χ2v) is 5.57. The molecule has 1 heterocycles. The van der Waals surface area contributed by atoms with E-state index in [9.17, 15) is 4.39 Å². The molecule has 0 aliphatic rings. The first kappa shape index (κ1) is 14.5. The van der Waals surface area contributed by atoms with E-state index >= 15 is 0 Å². The lowest BCUT2D eigenvalue weighted by Crippen LogP contribution is -1.98. The van der Waals surface area contributed by atoms with Gasteiger partial charge in [-0.2, -0.15) is 10.2 Å². The normalized spacial score (nSPS) is 12.1. The van der Waals surface area contributed by atoms with Crippen molar-refractivity contribution in [3.63, 3.8) is 0 Å². The van der Waals surface area contributed by atoms with Crippen molar-refractivity contribution in [3.05, 3.63) is 41.8 Å². The molecule has 0 spiro atoms. The number of hydrogen-bond acceptors (Lipinski definition) is 5. The Morgan fingerprint density at radius 3 is 2.85 bits per heavy atom. The highest BCUT2D eigenvalue weighted by Crippen LogP contribution is 2.22. The average molecular weight is 291 g/mol. The molecule has 0 aliphatic heterocycles. The Kier molecular flexibility index (Phi) is 5.13. The molecule has 0 fully saturated rings. The zero-order valence-electron chi connectivity index (χ0n) is 11.0. The van der Waals surface area contributed by atoms with Gasteiger partial charge in [-0.05, 0) is 30.2 Å². The standard InChI is InChI=1S/C14H14FN3OS/c1-10(6-7-16)8-14-17-13(18-19-14)9-20-12-4-2-11(15)3-5-12/h2-5,10H,6,8-9H2,1H3. The van der Waals surface area contributed by atoms with Gasteiger partial charge in [0.25, 0.3) is 0 Å². The van der Waals surface area contributed by atoms with E-state index < -0.39 is 0 Å². The van der Waals surface area contributed by atoms with E-state index in [-0.39, 0.29) is 11.7 Å². The number of halogens is 1. The van der Waals surface area contributed by atoms with Crippen LogP contribution in [0.5, 0.6) is 0 Å². The topological polar surface area (TPSA) is 62.7 Å². The fraction of sp³-hybridized carbons (Fsp3) is 0.357. The third kappa shape index (κ3) is 4.35. The molecule has 1 atom stereocenters. The Bertz CT molecular complexity index is 591. The molecular formula is C14H14FN3OS. The van der Waals surface area contributed by atoms with Gasteiger partial charge in [-0.1, -0.05) is 12.1 Å². The Labute approximate surface area is 121 Å². The van der Waals surface area contributed by atoms with Crippen molar-refractivity contribution in [2.24, 2.45) is 5.92 Å². The molecular weight excluding hydrogens is 277 g/mol. The molecule has 1 aromatic carbocycles. The number of aromatic nitrogens is 2. The molecule has 0 aliphatic carbocycles. The van der Waals surface area contributed by atoms with Gasteiger partial charge < -0.3 is 4.52 Å². The molecule has 0 bridgehead atoms. The minimum absolute atomic E-state index is 0.207. The molecule has 2 aromatic rings. The number of nitrogens with zero attached hydrogens (tertiary/aromatic N) is 3. The van der Waals surface area contributed by atoms with E-state index in [0.717, 1.165) is 4.90 Å². The highest BCUT2D eigenvalue weighted by atomic mass is 32.2. The van der Waals surface area contributed by atoms with Crippen LogP contribution in [0.4, 0.5) is 4.39 Å². The van der Waals surface area contributed by atoms with E-state index in [4.69, 9.17) is 9.78 Å². The van der Waals surface area contributed by atoms with Crippen LogP contribution in [0.2, 0.25) is 0 Å². The minimum Gasteiger partial charge on any atom is -0.339 e. The van der Waals surface area contributed by atoms with Gasteiger partial charge in [-0.25, -0.2) is 4.39 Å². The van der Waals surface area contributed by atoms with Crippen LogP contribution in [0.1, 0.15) is 25.1 Å². The summed E-state index contributed by atoms with van der Waals surface area (Å²) in [7, 11) is 0. The molecule has 20 heavy (non-hydrogen) atoms. The van der Waals surface area contributed by atoms with E-state index in [1.165, 1.54) is 23.9 Å². The van der Waals surface area contributed by atoms with Crippen LogP contribution in [0.25, 0.3) is 0 Å². The first-order valence-corrected chi connectivity index (χ1v) is 7.22. The summed E-state index contributed by atoms with van der Waals surface area (Å²) in [6.07, 6.45) is 1.09. The highest BCUT2D eigenvalue weighted by molar-refractivity contribution is 7.98. The molecule has 2 rings (SSSR count). The van der Waals surface area contributed by atoms with Crippen molar-refractivity contribution < 1.29 is 8.91 Å². The Balaban J connectivity index is 1.86. The molecule has 0 saturated carbocycles. The van der Waals surface area contributed by atoms with Crippen molar-refractivity contribution in [1.82, 2.24) is 10.1 Å². The average Bonchev–Trinajstić information content (AvgIpc) is 2.86. The molecule has 0 radical (unpaired) electrons. The molecule has 4 nitrogen and oxygen atoms in total. The predicted molar refractivity (Wildman–Crippen MR) is 73.4 cm³/mol. The summed E-state index contributed by atoms with van der Waals surface area (Å²) in [6, 6.07) is 8.41. The number of nitriles is 1. The van der Waals surface area contributed by atoms with Crippen LogP contribution in [0, 0.1) is 23.1 Å². The Morgan fingerprint density at radius 2 is 2.15 bits per heavy atom. The Morgan fingerprint density at radius 1 is 1.40 bits per heavy atom. The van der Waals surface area contributed by atoms with E-state index in [1.54, 1.807) is 12.1 Å². The van der Waals surface area contributed by atoms with Crippen LogP contribution in [0.3, 0.4) is 0 Å². The summed E-state index contributed by atoms with van der Waals surface area (Å²) < 4.78 is 17.9. The third-order valence-electron chi connectivity index (χ3n) is 2.65. The lowest BCUT2D eigenvalue weighted by molar-refractivity contribution is 0.356. The molecule has 6 heteroatoms. The lowest BCUT2D eigenvalue weighted by atomic mass is 10.1. The molecule has 1 unspecified atom stereocenters. The van der Waals surface area contributed by atoms with Gasteiger partial charge in [-0.3, -0.25) is 0 Å². The quantitative estimate of drug-likeness (QED) is 0.761. The van der Waals surface area contributed by atoms with E-state index in [1.807, 2.05) is 6.92 Å². The highest BCUT2D eigenvalue weighted by Gasteiger charge is 2.11. The van der Waals surface area contributed by atoms with Gasteiger partial charge in [0.1, 0.15) is 5.82 Å². The van der Waals surface area contributed by atoms with Gasteiger partial charge >= 0.3 is 0 Å². The van der Waals surface area contributed by atoms with Crippen molar-refractivity contribution in [3.8, 4) is 6.07 Å². The second-order valence-electron chi connectivity index (χ2n) is 4.52. The van der Waals surface area contributed by atoms with Crippen molar-refractivity contribution in [2.45, 2.75) is 30.4 Å². The van der Waals surface area contributed by atoms with Gasteiger partial charge in [0.15, 0.2) is 5.82 Å². The first-order chi connectivity index (χ1) is 9.67. The van der Waals surface area contributed by atoms with Crippen LogP contribution in [-0.2, 0) is 12.2 Å². The summed E-state index contributed by atoms with van der Waals surface area (Å²) in [5.74, 6) is 1.70. The van der Waals surface area contributed by atoms with Gasteiger partial charge in [0, 0.05) is 17.7 Å². The largest absolute Gasteiger partial charge is 0.339 e. The fourth-order valence-corrected chi connectivity index (χ4v) is 2.38. The lowest BCUT2D eigenvalue weighted by Gasteiger charge is -2.00. The SMILES string of the molecule is CC(CC#N)Cc1nc(CSc2ccc(F)cc2)no1. The molecule has 104 valence electrons.